The molecule has 1 saturated carbocycles. The number of nitrogens with zero attached hydrogens (tertiary/aromatic N) is 1. The third-order valence-corrected chi connectivity index (χ3v) is 7.45. The van der Waals surface area contributed by atoms with Crippen molar-refractivity contribution in [2.45, 2.75) is 57.2 Å². The molecule has 1 aliphatic carbocycles. The summed E-state index contributed by atoms with van der Waals surface area (Å²) in [7, 11) is 0. The fourth-order valence-corrected chi connectivity index (χ4v) is 5.03. The van der Waals surface area contributed by atoms with Crippen molar-refractivity contribution in [2.75, 3.05) is 6.61 Å². The van der Waals surface area contributed by atoms with E-state index in [0.29, 0.717) is 23.7 Å². The summed E-state index contributed by atoms with van der Waals surface area (Å²) in [4.78, 5) is 29.1. The fraction of sp³-hybridized carbons (Fsp3) is 0.333. The minimum absolute atomic E-state index is 0.118. The summed E-state index contributed by atoms with van der Waals surface area (Å²) in [6, 6.07) is 24.0. The molecule has 0 aliphatic heterocycles. The molecule has 0 bridgehead atoms. The van der Waals surface area contributed by atoms with Gasteiger partial charge in [0.1, 0.15) is 11.8 Å². The summed E-state index contributed by atoms with van der Waals surface area (Å²) in [6.07, 6.45) is 5.81. The third kappa shape index (κ3) is 8.34. The number of amides is 2. The predicted molar refractivity (Wildman–Crippen MR) is 151 cm³/mol. The van der Waals surface area contributed by atoms with Gasteiger partial charge in [0.05, 0.1) is 0 Å². The van der Waals surface area contributed by atoms with Crippen molar-refractivity contribution >= 4 is 39.3 Å². The van der Waals surface area contributed by atoms with E-state index < -0.39 is 6.04 Å². The van der Waals surface area contributed by atoms with Crippen molar-refractivity contribution < 1.29 is 14.3 Å². The van der Waals surface area contributed by atoms with Gasteiger partial charge in [0.15, 0.2) is 6.61 Å². The lowest BCUT2D eigenvalue weighted by atomic mass is 9.94. The maximum absolute atomic E-state index is 13.7. The Morgan fingerprint density at radius 1 is 0.919 bits per heavy atom. The van der Waals surface area contributed by atoms with Gasteiger partial charge in [0.2, 0.25) is 5.91 Å². The summed E-state index contributed by atoms with van der Waals surface area (Å²) in [5.41, 5.74) is 1.94. The van der Waals surface area contributed by atoms with Crippen LogP contribution in [0.2, 0.25) is 5.02 Å². The zero-order valence-electron chi connectivity index (χ0n) is 20.7. The first-order chi connectivity index (χ1) is 18.0. The molecule has 1 fully saturated rings. The number of hydrogen-bond acceptors (Lipinski definition) is 3. The Morgan fingerprint density at radius 3 is 2.27 bits per heavy atom. The summed E-state index contributed by atoms with van der Waals surface area (Å²) >= 11 is 9.46. The first-order valence-electron chi connectivity index (χ1n) is 12.7. The number of benzene rings is 3. The molecule has 0 saturated heterocycles. The average molecular weight is 584 g/mol. The minimum atomic E-state index is -0.672. The van der Waals surface area contributed by atoms with E-state index in [2.05, 4.69) is 21.2 Å². The van der Waals surface area contributed by atoms with Gasteiger partial charge < -0.3 is 15.0 Å². The zero-order chi connectivity index (χ0) is 26.0. The number of carbonyl (C=O) groups excluding carboxylic acids is 2. The Kier molecular flexibility index (Phi) is 10.0. The molecule has 0 spiro atoms. The first kappa shape index (κ1) is 27.2. The van der Waals surface area contributed by atoms with Crippen molar-refractivity contribution in [3.63, 3.8) is 0 Å². The van der Waals surface area contributed by atoms with E-state index in [1.54, 1.807) is 29.2 Å². The molecular weight excluding hydrogens is 552 g/mol. The van der Waals surface area contributed by atoms with Gasteiger partial charge in [-0.2, -0.15) is 0 Å². The van der Waals surface area contributed by atoms with Crippen LogP contribution in [0.3, 0.4) is 0 Å². The van der Waals surface area contributed by atoms with Gasteiger partial charge in [0.25, 0.3) is 5.91 Å². The molecule has 1 N–H and O–H groups in total. The van der Waals surface area contributed by atoms with Crippen LogP contribution in [0.5, 0.6) is 5.75 Å². The third-order valence-electron chi connectivity index (χ3n) is 6.66. The number of nitrogens with one attached hydrogen (secondary N) is 1. The van der Waals surface area contributed by atoms with Gasteiger partial charge in [-0.15, -0.1) is 0 Å². The quantitative estimate of drug-likeness (QED) is 0.294. The highest BCUT2D eigenvalue weighted by molar-refractivity contribution is 9.10. The standard InChI is InChI=1S/C30H32BrClN2O3/c31-24-13-11-23(12-14-24)20-34(29(35)21-37-27-17-15-25(32)16-18-27)28(19-22-7-3-1-4-8-22)30(36)33-26-9-5-2-6-10-26/h1,3-4,7-8,11-18,26,28H,2,5-6,9-10,19-21H2,(H,33,36)/t28-/m0/s1. The highest BCUT2D eigenvalue weighted by Gasteiger charge is 2.32. The second-order valence-corrected chi connectivity index (χ2v) is 10.8. The molecule has 194 valence electrons. The molecule has 0 heterocycles. The molecule has 37 heavy (non-hydrogen) atoms. The highest BCUT2D eigenvalue weighted by Crippen LogP contribution is 2.21. The second kappa shape index (κ2) is 13.6. The van der Waals surface area contributed by atoms with E-state index in [4.69, 9.17) is 16.3 Å². The predicted octanol–water partition coefficient (Wildman–Crippen LogP) is 6.57. The Labute approximate surface area is 232 Å². The van der Waals surface area contributed by atoms with E-state index in [0.717, 1.165) is 41.3 Å². The molecular formula is C30H32BrClN2O3. The topological polar surface area (TPSA) is 58.6 Å². The van der Waals surface area contributed by atoms with Crippen LogP contribution in [0.4, 0.5) is 0 Å². The number of hydrogen-bond donors (Lipinski definition) is 1. The number of halogens is 2. The molecule has 2 amide bonds. The number of rotatable bonds is 10. The molecule has 1 atom stereocenters. The van der Waals surface area contributed by atoms with Crippen molar-refractivity contribution in [3.8, 4) is 5.75 Å². The van der Waals surface area contributed by atoms with Crippen molar-refractivity contribution in [3.05, 3.63) is 99.5 Å². The molecule has 7 heteroatoms. The van der Waals surface area contributed by atoms with E-state index in [9.17, 15) is 9.59 Å². The SMILES string of the molecule is O=C(NC1CCCCC1)[C@H](Cc1ccccc1)N(Cc1ccc(Br)cc1)C(=O)COc1ccc(Cl)cc1. The first-order valence-corrected chi connectivity index (χ1v) is 13.9. The molecule has 0 radical (unpaired) electrons. The maximum Gasteiger partial charge on any atom is 0.261 e. The summed E-state index contributed by atoms with van der Waals surface area (Å²) < 4.78 is 6.76. The molecule has 0 unspecified atom stereocenters. The van der Waals surface area contributed by atoms with Crippen LogP contribution in [-0.4, -0.2) is 35.4 Å². The van der Waals surface area contributed by atoms with Gasteiger partial charge in [-0.3, -0.25) is 9.59 Å². The van der Waals surface area contributed by atoms with Gasteiger partial charge in [-0.05, 0) is 60.4 Å². The van der Waals surface area contributed by atoms with Crippen LogP contribution in [-0.2, 0) is 22.6 Å². The number of ether oxygens (including phenoxy) is 1. The average Bonchev–Trinajstić information content (AvgIpc) is 2.92. The lowest BCUT2D eigenvalue weighted by Crippen LogP contribution is -2.53. The molecule has 0 aromatic heterocycles. The monoisotopic (exact) mass is 582 g/mol. The van der Waals surface area contributed by atoms with Crippen LogP contribution in [0, 0.1) is 0 Å². The van der Waals surface area contributed by atoms with E-state index >= 15 is 0 Å². The summed E-state index contributed by atoms with van der Waals surface area (Å²) in [5.74, 6) is 0.179. The van der Waals surface area contributed by atoms with Gasteiger partial charge in [0, 0.05) is 28.5 Å². The number of carbonyl (C=O) groups is 2. The van der Waals surface area contributed by atoms with E-state index in [1.807, 2.05) is 54.6 Å². The van der Waals surface area contributed by atoms with Crippen LogP contribution in [0.25, 0.3) is 0 Å². The Hall–Kier alpha value is -2.83. The Bertz CT molecular complexity index is 1150. The molecule has 1 aliphatic rings. The van der Waals surface area contributed by atoms with Crippen LogP contribution >= 0.6 is 27.5 Å². The van der Waals surface area contributed by atoms with Crippen molar-refractivity contribution in [1.82, 2.24) is 10.2 Å². The van der Waals surface area contributed by atoms with Crippen LogP contribution in [0.15, 0.2) is 83.3 Å². The molecule has 5 nitrogen and oxygen atoms in total. The summed E-state index contributed by atoms with van der Waals surface area (Å²) in [6.45, 7) is 0.117. The maximum atomic E-state index is 13.7. The normalized spacial score (nSPS) is 14.5. The second-order valence-electron chi connectivity index (χ2n) is 9.44. The lowest BCUT2D eigenvalue weighted by molar-refractivity contribution is -0.143. The van der Waals surface area contributed by atoms with E-state index in [-0.39, 0.29) is 24.5 Å². The Morgan fingerprint density at radius 2 is 1.59 bits per heavy atom. The van der Waals surface area contributed by atoms with Crippen LogP contribution in [0.1, 0.15) is 43.2 Å². The fourth-order valence-electron chi connectivity index (χ4n) is 4.64. The van der Waals surface area contributed by atoms with Gasteiger partial charge in [-0.1, -0.05) is 89.3 Å². The largest absolute Gasteiger partial charge is 0.484 e. The van der Waals surface area contributed by atoms with E-state index in [1.165, 1.54) is 6.42 Å². The molecule has 3 aromatic rings. The molecule has 3 aromatic carbocycles. The summed E-state index contributed by atoms with van der Waals surface area (Å²) in [5, 5.41) is 3.85. The molecule has 4 rings (SSSR count). The van der Waals surface area contributed by atoms with Crippen LogP contribution < -0.4 is 10.1 Å². The highest BCUT2D eigenvalue weighted by atomic mass is 79.9. The smallest absolute Gasteiger partial charge is 0.261 e. The van der Waals surface area contributed by atoms with Crippen molar-refractivity contribution in [2.24, 2.45) is 0 Å². The van der Waals surface area contributed by atoms with Crippen molar-refractivity contribution in [1.29, 1.82) is 0 Å². The minimum Gasteiger partial charge on any atom is -0.484 e. The van der Waals surface area contributed by atoms with Gasteiger partial charge >= 0.3 is 0 Å². The Balaban J connectivity index is 1.59. The van der Waals surface area contributed by atoms with Gasteiger partial charge in [-0.25, -0.2) is 0 Å². The lowest BCUT2D eigenvalue weighted by Gasteiger charge is -2.33. The zero-order valence-corrected chi connectivity index (χ0v) is 23.1.